The largest absolute Gasteiger partial charge is 0.463 e. The van der Waals surface area contributed by atoms with Crippen LogP contribution in [0.2, 0.25) is 0 Å². The van der Waals surface area contributed by atoms with Crippen molar-refractivity contribution in [1.82, 2.24) is 0 Å². The molecule has 4 nitrogen and oxygen atoms in total. The fraction of sp³-hybridized carbons (Fsp3) is 0.182. The number of ketones is 2. The molecule has 7 heteroatoms. The van der Waals surface area contributed by atoms with E-state index in [0.29, 0.717) is 6.07 Å². The first kappa shape index (κ1) is 13.9. The van der Waals surface area contributed by atoms with E-state index in [1.807, 2.05) is 0 Å². The van der Waals surface area contributed by atoms with Gasteiger partial charge >= 0.3 is 5.97 Å². The Kier molecular flexibility index (Phi) is 4.19. The number of hydrogen-bond donors (Lipinski definition) is 0. The van der Waals surface area contributed by atoms with Crippen molar-refractivity contribution < 1.29 is 32.3 Å². The van der Waals surface area contributed by atoms with Gasteiger partial charge in [0, 0.05) is 6.07 Å². The second-order valence-electron chi connectivity index (χ2n) is 3.26. The van der Waals surface area contributed by atoms with E-state index in [-0.39, 0.29) is 6.07 Å². The lowest BCUT2D eigenvalue weighted by Gasteiger charge is -2.02. The Balaban J connectivity index is 2.95. The molecular weight excluding hydrogens is 253 g/mol. The molecule has 0 amide bonds. The summed E-state index contributed by atoms with van der Waals surface area (Å²) in [7, 11) is 0.933. The molecule has 0 unspecified atom stereocenters. The lowest BCUT2D eigenvalue weighted by Crippen LogP contribution is -2.20. The number of esters is 1. The molecule has 0 aliphatic rings. The van der Waals surface area contributed by atoms with Crippen molar-refractivity contribution in [3.8, 4) is 0 Å². The molecule has 96 valence electrons. The van der Waals surface area contributed by atoms with E-state index in [1.54, 1.807) is 0 Å². The number of Topliss-reactive ketones (excluding diaryl/α,β-unsaturated/α-hetero) is 2. The smallest absolute Gasteiger partial charge is 0.374 e. The molecule has 1 aromatic rings. The van der Waals surface area contributed by atoms with Crippen molar-refractivity contribution in [2.24, 2.45) is 0 Å². The minimum atomic E-state index is -1.46. The molecule has 1 rings (SSSR count). The predicted molar refractivity (Wildman–Crippen MR) is 52.3 cm³/mol. The molecule has 0 N–H and O–H groups in total. The predicted octanol–water partition coefficient (Wildman–Crippen LogP) is 1.42. The highest BCUT2D eigenvalue weighted by molar-refractivity contribution is 6.38. The van der Waals surface area contributed by atoms with Crippen molar-refractivity contribution in [2.45, 2.75) is 6.42 Å². The lowest BCUT2D eigenvalue weighted by atomic mass is 10.1. The summed E-state index contributed by atoms with van der Waals surface area (Å²) < 4.78 is 42.6. The zero-order chi connectivity index (χ0) is 13.9. The molecule has 18 heavy (non-hydrogen) atoms. The van der Waals surface area contributed by atoms with Crippen molar-refractivity contribution in [3.05, 3.63) is 35.1 Å². The van der Waals surface area contributed by atoms with Crippen LogP contribution in [-0.4, -0.2) is 24.6 Å². The number of halogens is 3. The van der Waals surface area contributed by atoms with E-state index < -0.39 is 47.0 Å². The topological polar surface area (TPSA) is 60.4 Å². The molecule has 0 radical (unpaired) electrons. The van der Waals surface area contributed by atoms with Crippen molar-refractivity contribution in [1.29, 1.82) is 0 Å². The highest BCUT2D eigenvalue weighted by Gasteiger charge is 2.22. The molecule has 0 bridgehead atoms. The number of hydrogen-bond acceptors (Lipinski definition) is 4. The van der Waals surface area contributed by atoms with Crippen molar-refractivity contribution >= 4 is 17.5 Å². The molecule has 0 atom stereocenters. The maximum Gasteiger partial charge on any atom is 0.374 e. The number of methoxy groups -OCH3 is 1. The summed E-state index contributed by atoms with van der Waals surface area (Å²) in [4.78, 5) is 33.2. The van der Waals surface area contributed by atoms with E-state index in [0.717, 1.165) is 7.11 Å². The maximum atomic E-state index is 13.2. The first-order chi connectivity index (χ1) is 8.36. The van der Waals surface area contributed by atoms with Crippen molar-refractivity contribution in [3.63, 3.8) is 0 Å². The van der Waals surface area contributed by atoms with Gasteiger partial charge in [-0.1, -0.05) is 0 Å². The molecule has 0 fully saturated rings. The monoisotopic (exact) mass is 260 g/mol. The summed E-state index contributed by atoms with van der Waals surface area (Å²) in [5, 5.41) is 0. The van der Waals surface area contributed by atoms with E-state index in [9.17, 15) is 27.6 Å². The summed E-state index contributed by atoms with van der Waals surface area (Å²) in [5.74, 6) is -7.80. The van der Waals surface area contributed by atoms with Crippen LogP contribution in [0.15, 0.2) is 12.1 Å². The number of rotatable bonds is 4. The van der Waals surface area contributed by atoms with Gasteiger partial charge in [-0.3, -0.25) is 9.59 Å². The van der Waals surface area contributed by atoms with E-state index in [4.69, 9.17) is 0 Å². The fourth-order valence-corrected chi connectivity index (χ4v) is 1.16. The van der Waals surface area contributed by atoms with Gasteiger partial charge in [0.05, 0.1) is 19.1 Å². The van der Waals surface area contributed by atoms with Crippen LogP contribution in [-0.2, 0) is 14.3 Å². The van der Waals surface area contributed by atoms with Crippen LogP contribution < -0.4 is 0 Å². The van der Waals surface area contributed by atoms with Gasteiger partial charge in [0.2, 0.25) is 5.78 Å². The van der Waals surface area contributed by atoms with Gasteiger partial charge in [-0.05, 0) is 6.07 Å². The standard InChI is InChI=1S/C11H7F3O4/c1-18-11(17)10(16)4-9(15)5-2-7(13)8(14)3-6(5)12/h2-3H,4H2,1H3. The third-order valence-electron chi connectivity index (χ3n) is 2.04. The minimum Gasteiger partial charge on any atom is -0.463 e. The van der Waals surface area contributed by atoms with Crippen LogP contribution in [0.5, 0.6) is 0 Å². The Morgan fingerprint density at radius 3 is 2.17 bits per heavy atom. The highest BCUT2D eigenvalue weighted by atomic mass is 19.2. The summed E-state index contributed by atoms with van der Waals surface area (Å²) in [6, 6.07) is 0.517. The normalized spacial score (nSPS) is 10.0. The molecule has 0 saturated carbocycles. The van der Waals surface area contributed by atoms with E-state index in [2.05, 4.69) is 4.74 Å². The average molecular weight is 260 g/mol. The molecule has 1 aromatic carbocycles. The summed E-state index contributed by atoms with van der Waals surface area (Å²) in [5.41, 5.74) is -0.800. The van der Waals surface area contributed by atoms with Gasteiger partial charge in [0.25, 0.3) is 0 Å². The quantitative estimate of drug-likeness (QED) is 0.270. The van der Waals surface area contributed by atoms with Gasteiger partial charge in [-0.25, -0.2) is 18.0 Å². The van der Waals surface area contributed by atoms with Crippen LogP contribution >= 0.6 is 0 Å². The number of carbonyl (C=O) groups is 3. The second kappa shape index (κ2) is 5.44. The molecule has 0 heterocycles. The van der Waals surface area contributed by atoms with Crippen LogP contribution in [0.25, 0.3) is 0 Å². The molecule has 0 aliphatic heterocycles. The Bertz CT molecular complexity index is 525. The average Bonchev–Trinajstić information content (AvgIpc) is 2.32. The number of benzene rings is 1. The van der Waals surface area contributed by atoms with Crippen LogP contribution in [0, 0.1) is 17.5 Å². The number of ether oxygens (including phenoxy) is 1. The van der Waals surface area contributed by atoms with E-state index >= 15 is 0 Å². The first-order valence-electron chi connectivity index (χ1n) is 4.65. The molecule has 0 saturated heterocycles. The molecular formula is C11H7F3O4. The summed E-state index contributed by atoms with van der Waals surface area (Å²) >= 11 is 0. The summed E-state index contributed by atoms with van der Waals surface area (Å²) in [6.07, 6.45) is -0.978. The zero-order valence-electron chi connectivity index (χ0n) is 9.13. The van der Waals surface area contributed by atoms with Gasteiger partial charge in [-0.15, -0.1) is 0 Å². The SMILES string of the molecule is COC(=O)C(=O)CC(=O)c1cc(F)c(F)cc1F. The van der Waals surface area contributed by atoms with Gasteiger partial charge in [-0.2, -0.15) is 0 Å². The summed E-state index contributed by atoms with van der Waals surface area (Å²) in [6.45, 7) is 0. The fourth-order valence-electron chi connectivity index (χ4n) is 1.16. The molecule has 0 aromatic heterocycles. The zero-order valence-corrected chi connectivity index (χ0v) is 9.13. The second-order valence-corrected chi connectivity index (χ2v) is 3.26. The van der Waals surface area contributed by atoms with Gasteiger partial charge in [0.15, 0.2) is 17.4 Å². The van der Waals surface area contributed by atoms with Crippen LogP contribution in [0.3, 0.4) is 0 Å². The van der Waals surface area contributed by atoms with Gasteiger partial charge < -0.3 is 4.74 Å². The van der Waals surface area contributed by atoms with E-state index in [1.165, 1.54) is 0 Å². The number of carbonyl (C=O) groups excluding carboxylic acids is 3. The Labute approximate surface area is 99.4 Å². The van der Waals surface area contributed by atoms with Crippen LogP contribution in [0.4, 0.5) is 13.2 Å². The third kappa shape index (κ3) is 2.93. The minimum absolute atomic E-state index is 0.186. The Hall–Kier alpha value is -2.18. The van der Waals surface area contributed by atoms with Crippen molar-refractivity contribution in [2.75, 3.05) is 7.11 Å². The third-order valence-corrected chi connectivity index (χ3v) is 2.04. The Morgan fingerprint density at radius 2 is 1.61 bits per heavy atom. The lowest BCUT2D eigenvalue weighted by molar-refractivity contribution is -0.151. The molecule has 0 aliphatic carbocycles. The highest BCUT2D eigenvalue weighted by Crippen LogP contribution is 2.15. The Morgan fingerprint density at radius 1 is 1.06 bits per heavy atom. The first-order valence-corrected chi connectivity index (χ1v) is 4.65. The maximum absolute atomic E-state index is 13.2. The molecule has 0 spiro atoms. The van der Waals surface area contributed by atoms with Gasteiger partial charge in [0.1, 0.15) is 5.82 Å². The van der Waals surface area contributed by atoms with Crippen LogP contribution in [0.1, 0.15) is 16.8 Å².